The molecule has 2 heterocycles. The molecule has 2 atom stereocenters. The number of nitrogens with one attached hydrogen (secondary N) is 1. The van der Waals surface area contributed by atoms with Gasteiger partial charge in [-0.25, -0.2) is 4.79 Å². The van der Waals surface area contributed by atoms with Crippen LogP contribution in [0.3, 0.4) is 0 Å². The molecule has 2 aromatic rings. The number of carbonyl (C=O) groups excluding carboxylic acids is 2. The summed E-state index contributed by atoms with van der Waals surface area (Å²) in [6, 6.07) is 6.61. The van der Waals surface area contributed by atoms with E-state index in [1.165, 1.54) is 4.90 Å². The van der Waals surface area contributed by atoms with Gasteiger partial charge in [-0.3, -0.25) is 9.69 Å². The molecule has 0 radical (unpaired) electrons. The predicted octanol–water partition coefficient (Wildman–Crippen LogP) is 3.39. The summed E-state index contributed by atoms with van der Waals surface area (Å²) in [5.74, 6) is 0.545. The van der Waals surface area contributed by atoms with Crippen molar-refractivity contribution < 1.29 is 14.1 Å². The SMILES string of the molecule is C[C@H]1CCCC[C@]12NC(=O)N(Cc1noc(-c3ccc(Cl)cc3)n1)C2=O. The van der Waals surface area contributed by atoms with E-state index in [0.29, 0.717) is 23.2 Å². The molecule has 4 rings (SSSR count). The molecule has 0 unspecified atom stereocenters. The monoisotopic (exact) mass is 374 g/mol. The van der Waals surface area contributed by atoms with Crippen LogP contribution in [-0.4, -0.2) is 32.5 Å². The third kappa shape index (κ3) is 2.76. The maximum atomic E-state index is 13.0. The maximum absolute atomic E-state index is 13.0. The highest BCUT2D eigenvalue weighted by Crippen LogP contribution is 2.38. The number of rotatable bonds is 3. The summed E-state index contributed by atoms with van der Waals surface area (Å²) in [4.78, 5) is 30.9. The lowest BCUT2D eigenvalue weighted by Gasteiger charge is -2.36. The fraction of sp³-hybridized carbons (Fsp3) is 0.444. The second kappa shape index (κ2) is 6.39. The number of hydrogen-bond donors (Lipinski definition) is 1. The summed E-state index contributed by atoms with van der Waals surface area (Å²) in [6.45, 7) is 2.02. The summed E-state index contributed by atoms with van der Waals surface area (Å²) in [5.41, 5.74) is -0.0549. The maximum Gasteiger partial charge on any atom is 0.325 e. The highest BCUT2D eigenvalue weighted by Gasteiger charge is 2.55. The number of benzene rings is 1. The van der Waals surface area contributed by atoms with E-state index in [2.05, 4.69) is 15.5 Å². The van der Waals surface area contributed by atoms with Gasteiger partial charge in [0, 0.05) is 10.6 Å². The van der Waals surface area contributed by atoms with Crippen LogP contribution in [0.4, 0.5) is 4.79 Å². The molecular weight excluding hydrogens is 356 g/mol. The lowest BCUT2D eigenvalue weighted by Crippen LogP contribution is -2.53. The number of nitrogens with zero attached hydrogens (tertiary/aromatic N) is 3. The van der Waals surface area contributed by atoms with Gasteiger partial charge in [0.2, 0.25) is 0 Å². The number of urea groups is 1. The first kappa shape index (κ1) is 17.0. The lowest BCUT2D eigenvalue weighted by atomic mass is 9.73. The van der Waals surface area contributed by atoms with Crippen molar-refractivity contribution in [2.45, 2.75) is 44.7 Å². The van der Waals surface area contributed by atoms with Gasteiger partial charge in [-0.05, 0) is 43.0 Å². The molecule has 26 heavy (non-hydrogen) atoms. The van der Waals surface area contributed by atoms with Crippen LogP contribution < -0.4 is 5.32 Å². The molecule has 1 N–H and O–H groups in total. The highest BCUT2D eigenvalue weighted by molar-refractivity contribution is 6.30. The van der Waals surface area contributed by atoms with Gasteiger partial charge >= 0.3 is 6.03 Å². The molecule has 1 aliphatic carbocycles. The topological polar surface area (TPSA) is 88.3 Å². The van der Waals surface area contributed by atoms with E-state index in [0.717, 1.165) is 24.8 Å². The van der Waals surface area contributed by atoms with Gasteiger partial charge in [-0.1, -0.05) is 36.5 Å². The molecule has 1 aromatic heterocycles. The first-order chi connectivity index (χ1) is 12.5. The first-order valence-corrected chi connectivity index (χ1v) is 9.10. The van der Waals surface area contributed by atoms with Crippen LogP contribution >= 0.6 is 11.6 Å². The van der Waals surface area contributed by atoms with Crippen molar-refractivity contribution in [2.75, 3.05) is 0 Å². The number of amides is 3. The van der Waals surface area contributed by atoms with Crippen LogP contribution in [0.25, 0.3) is 11.5 Å². The molecule has 136 valence electrons. The van der Waals surface area contributed by atoms with Crippen LogP contribution in [-0.2, 0) is 11.3 Å². The van der Waals surface area contributed by atoms with E-state index >= 15 is 0 Å². The molecule has 1 saturated heterocycles. The molecule has 2 fully saturated rings. The smallest absolute Gasteiger partial charge is 0.325 e. The van der Waals surface area contributed by atoms with Crippen LogP contribution in [0, 0.1) is 5.92 Å². The molecule has 8 heteroatoms. The Balaban J connectivity index is 1.53. The van der Waals surface area contributed by atoms with E-state index < -0.39 is 5.54 Å². The normalized spacial score (nSPS) is 25.8. The third-order valence-corrected chi connectivity index (χ3v) is 5.61. The van der Waals surface area contributed by atoms with Gasteiger partial charge in [-0.2, -0.15) is 4.98 Å². The molecule has 2 aliphatic rings. The van der Waals surface area contributed by atoms with Gasteiger partial charge in [0.05, 0.1) is 6.54 Å². The summed E-state index contributed by atoms with van der Waals surface area (Å²) >= 11 is 5.88. The Morgan fingerprint density at radius 2 is 2.08 bits per heavy atom. The van der Waals surface area contributed by atoms with Crippen molar-refractivity contribution >= 4 is 23.5 Å². The van der Waals surface area contributed by atoms with Crippen molar-refractivity contribution in [3.05, 3.63) is 35.1 Å². The van der Waals surface area contributed by atoms with Crippen molar-refractivity contribution in [1.82, 2.24) is 20.4 Å². The van der Waals surface area contributed by atoms with Crippen molar-refractivity contribution in [2.24, 2.45) is 5.92 Å². The second-order valence-electron chi connectivity index (χ2n) is 6.96. The van der Waals surface area contributed by atoms with Gasteiger partial charge in [0.15, 0.2) is 5.82 Å². The Bertz CT molecular complexity index is 850. The molecular formula is C18H19ClN4O3. The molecule has 0 bridgehead atoms. The van der Waals surface area contributed by atoms with Gasteiger partial charge in [0.25, 0.3) is 11.8 Å². The van der Waals surface area contributed by atoms with Crippen molar-refractivity contribution in [1.29, 1.82) is 0 Å². The number of halogens is 1. The average molecular weight is 375 g/mol. The molecule has 1 aromatic carbocycles. The Morgan fingerprint density at radius 3 is 2.81 bits per heavy atom. The van der Waals surface area contributed by atoms with Crippen LogP contribution in [0.15, 0.2) is 28.8 Å². The van der Waals surface area contributed by atoms with Gasteiger partial charge in [0.1, 0.15) is 5.54 Å². The largest absolute Gasteiger partial charge is 0.334 e. The van der Waals surface area contributed by atoms with Gasteiger partial charge < -0.3 is 9.84 Å². The summed E-state index contributed by atoms with van der Waals surface area (Å²) < 4.78 is 5.26. The average Bonchev–Trinajstić information content (AvgIpc) is 3.18. The quantitative estimate of drug-likeness (QED) is 0.832. The summed E-state index contributed by atoms with van der Waals surface area (Å²) in [5, 5.41) is 7.44. The Morgan fingerprint density at radius 1 is 1.31 bits per heavy atom. The van der Waals surface area contributed by atoms with Crippen LogP contribution in [0.1, 0.15) is 38.4 Å². The summed E-state index contributed by atoms with van der Waals surface area (Å²) in [7, 11) is 0. The Kier molecular flexibility index (Phi) is 4.19. The zero-order chi connectivity index (χ0) is 18.3. The van der Waals surface area contributed by atoms with Gasteiger partial charge in [-0.15, -0.1) is 0 Å². The molecule has 1 spiro atoms. The number of hydrogen-bond acceptors (Lipinski definition) is 5. The Hall–Kier alpha value is -2.41. The number of carbonyl (C=O) groups is 2. The fourth-order valence-corrected chi connectivity index (χ4v) is 3.93. The lowest BCUT2D eigenvalue weighted by molar-refractivity contribution is -0.134. The number of imide groups is 1. The molecule has 3 amide bonds. The summed E-state index contributed by atoms with van der Waals surface area (Å²) in [6.07, 6.45) is 3.63. The molecule has 1 saturated carbocycles. The standard InChI is InChI=1S/C18H19ClN4O3/c1-11-4-2-3-9-18(11)16(24)23(17(25)21-18)10-14-20-15(26-22-14)12-5-7-13(19)8-6-12/h5-8,11H,2-4,9-10H2,1H3,(H,21,25)/t11-,18-/m0/s1. The third-order valence-electron chi connectivity index (χ3n) is 5.36. The highest BCUT2D eigenvalue weighted by atomic mass is 35.5. The molecule has 7 nitrogen and oxygen atoms in total. The van der Waals surface area contributed by atoms with E-state index in [1.807, 2.05) is 6.92 Å². The van der Waals surface area contributed by atoms with E-state index in [9.17, 15) is 9.59 Å². The fourth-order valence-electron chi connectivity index (χ4n) is 3.81. The predicted molar refractivity (Wildman–Crippen MR) is 94.2 cm³/mol. The van der Waals surface area contributed by atoms with Crippen LogP contribution in [0.2, 0.25) is 5.02 Å². The minimum absolute atomic E-state index is 0.00374. The van der Waals surface area contributed by atoms with Crippen LogP contribution in [0.5, 0.6) is 0 Å². The van der Waals surface area contributed by atoms with E-state index in [1.54, 1.807) is 24.3 Å². The zero-order valence-corrected chi connectivity index (χ0v) is 15.1. The minimum atomic E-state index is -0.780. The second-order valence-corrected chi connectivity index (χ2v) is 7.40. The minimum Gasteiger partial charge on any atom is -0.334 e. The van der Waals surface area contributed by atoms with E-state index in [4.69, 9.17) is 16.1 Å². The van der Waals surface area contributed by atoms with E-state index in [-0.39, 0.29) is 24.4 Å². The molecule has 1 aliphatic heterocycles. The van der Waals surface area contributed by atoms with Crippen molar-refractivity contribution in [3.8, 4) is 11.5 Å². The van der Waals surface area contributed by atoms with Crippen molar-refractivity contribution in [3.63, 3.8) is 0 Å². The Labute approximate surface area is 155 Å². The number of aromatic nitrogens is 2. The first-order valence-electron chi connectivity index (χ1n) is 8.72. The zero-order valence-electron chi connectivity index (χ0n) is 14.4.